The molecule has 1 aromatic carbocycles. The number of ether oxygens (including phenoxy) is 1. The van der Waals surface area contributed by atoms with Crippen LogP contribution in [0.3, 0.4) is 0 Å². The number of methoxy groups -OCH3 is 1. The van der Waals surface area contributed by atoms with Gasteiger partial charge in [0.15, 0.2) is 0 Å². The highest BCUT2D eigenvalue weighted by Gasteiger charge is 2.04. The van der Waals surface area contributed by atoms with Gasteiger partial charge in [0.2, 0.25) is 0 Å². The zero-order valence-corrected chi connectivity index (χ0v) is 8.11. The van der Waals surface area contributed by atoms with E-state index in [9.17, 15) is 0 Å². The number of hydrogen-bond acceptors (Lipinski definition) is 3. The van der Waals surface area contributed by atoms with Crippen LogP contribution in [0.5, 0.6) is 5.75 Å². The van der Waals surface area contributed by atoms with Crippen LogP contribution in [-0.4, -0.2) is 22.3 Å². The van der Waals surface area contributed by atoms with E-state index in [0.717, 1.165) is 27.6 Å². The Labute approximate surface area is 87.3 Å². The Hall–Kier alpha value is -2.10. The van der Waals surface area contributed by atoms with Crippen molar-refractivity contribution in [2.75, 3.05) is 7.11 Å². The molecule has 15 heavy (non-hydrogen) atoms. The summed E-state index contributed by atoms with van der Waals surface area (Å²) in [6, 6.07) is 5.64. The third-order valence-electron chi connectivity index (χ3n) is 2.42. The molecule has 0 fully saturated rings. The maximum absolute atomic E-state index is 7.60. The fourth-order valence-electron chi connectivity index (χ4n) is 1.65. The molecule has 0 aliphatic rings. The smallest absolute Gasteiger partial charge is 0.119 e. The lowest BCUT2D eigenvalue weighted by atomic mass is 10.1. The van der Waals surface area contributed by atoms with Crippen LogP contribution in [0, 0.1) is 0 Å². The van der Waals surface area contributed by atoms with E-state index in [2.05, 4.69) is 15.2 Å². The Balaban J connectivity index is 2.47. The summed E-state index contributed by atoms with van der Waals surface area (Å²) in [5.41, 5.74) is 1.69. The van der Waals surface area contributed by atoms with Gasteiger partial charge in [-0.2, -0.15) is 5.10 Å². The van der Waals surface area contributed by atoms with Gasteiger partial charge in [0, 0.05) is 17.0 Å². The lowest BCUT2D eigenvalue weighted by molar-refractivity contribution is 0.415. The van der Waals surface area contributed by atoms with Crippen molar-refractivity contribution in [1.29, 1.82) is 0 Å². The van der Waals surface area contributed by atoms with E-state index < -0.39 is 0 Å². The highest BCUT2D eigenvalue weighted by molar-refractivity contribution is 6.03. The molecule has 3 aromatic rings. The molecule has 0 atom stereocenters. The topological polar surface area (TPSA) is 50.8 Å². The maximum Gasteiger partial charge on any atom is 0.119 e. The SMILES string of the molecule is [2H]c1n[nH]c2c1cnc1ccc(OC)cc12. The molecule has 1 N–H and O–H groups in total. The number of nitrogens with one attached hydrogen (secondary N) is 1. The number of rotatable bonds is 1. The molecular weight excluding hydrogens is 190 g/mol. The van der Waals surface area contributed by atoms with Gasteiger partial charge in [-0.25, -0.2) is 0 Å². The molecule has 0 bridgehead atoms. The monoisotopic (exact) mass is 200 g/mol. The minimum absolute atomic E-state index is 0.215. The summed E-state index contributed by atoms with van der Waals surface area (Å²) in [5, 5.41) is 8.35. The Kier molecular flexibility index (Phi) is 1.42. The highest BCUT2D eigenvalue weighted by Crippen LogP contribution is 2.24. The van der Waals surface area contributed by atoms with Crippen molar-refractivity contribution in [1.82, 2.24) is 15.2 Å². The number of benzene rings is 1. The number of fused-ring (bicyclic) bond motifs is 3. The number of aromatic nitrogens is 3. The Bertz CT molecular complexity index is 677. The number of nitrogens with zero attached hydrogens (tertiary/aromatic N) is 2. The van der Waals surface area contributed by atoms with Crippen LogP contribution in [0.25, 0.3) is 21.8 Å². The molecule has 0 saturated carbocycles. The number of pyridine rings is 1. The predicted octanol–water partition coefficient (Wildman–Crippen LogP) is 2.12. The van der Waals surface area contributed by atoms with Crippen molar-refractivity contribution in [3.8, 4) is 5.75 Å². The predicted molar refractivity (Wildman–Crippen MR) is 57.9 cm³/mol. The summed E-state index contributed by atoms with van der Waals surface area (Å²) < 4.78 is 12.8. The van der Waals surface area contributed by atoms with E-state index in [-0.39, 0.29) is 6.17 Å². The van der Waals surface area contributed by atoms with Crippen LogP contribution < -0.4 is 4.74 Å². The highest BCUT2D eigenvalue weighted by atomic mass is 16.5. The summed E-state index contributed by atoms with van der Waals surface area (Å²) in [6.45, 7) is 0. The van der Waals surface area contributed by atoms with Gasteiger partial charge in [0.25, 0.3) is 0 Å². The molecule has 4 heteroatoms. The van der Waals surface area contributed by atoms with Gasteiger partial charge in [-0.05, 0) is 18.2 Å². The van der Waals surface area contributed by atoms with E-state index in [1.807, 2.05) is 18.2 Å². The molecule has 0 aliphatic heterocycles. The molecule has 0 amide bonds. The summed E-state index contributed by atoms with van der Waals surface area (Å²) in [7, 11) is 1.62. The van der Waals surface area contributed by atoms with Gasteiger partial charge in [-0.1, -0.05) is 0 Å². The summed E-state index contributed by atoms with van der Waals surface area (Å²) in [6.07, 6.45) is 1.88. The maximum atomic E-state index is 7.60. The third kappa shape index (κ3) is 1.15. The fraction of sp³-hybridized carbons (Fsp3) is 0.0909. The molecule has 0 spiro atoms. The summed E-state index contributed by atoms with van der Waals surface area (Å²) in [4.78, 5) is 4.28. The van der Waals surface area contributed by atoms with Crippen molar-refractivity contribution >= 4 is 21.8 Å². The van der Waals surface area contributed by atoms with Crippen molar-refractivity contribution in [2.24, 2.45) is 0 Å². The standard InChI is InChI=1S/C11H9N3O/c1-15-8-2-3-10-9(4-8)11-7(5-12-10)6-13-14-11/h2-6H,1H3,(H,13,14)/i6D. The molecule has 2 aromatic heterocycles. The first-order valence-corrected chi connectivity index (χ1v) is 4.57. The van der Waals surface area contributed by atoms with Gasteiger partial charge >= 0.3 is 0 Å². The minimum Gasteiger partial charge on any atom is -0.497 e. The molecule has 0 unspecified atom stereocenters. The van der Waals surface area contributed by atoms with E-state index >= 15 is 0 Å². The Morgan fingerprint density at radius 3 is 3.27 bits per heavy atom. The quantitative estimate of drug-likeness (QED) is 0.654. The van der Waals surface area contributed by atoms with Crippen LogP contribution in [0.1, 0.15) is 1.37 Å². The zero-order chi connectivity index (χ0) is 11.1. The van der Waals surface area contributed by atoms with Crippen LogP contribution in [0.4, 0.5) is 0 Å². The van der Waals surface area contributed by atoms with Crippen molar-refractivity contribution in [3.63, 3.8) is 0 Å². The van der Waals surface area contributed by atoms with E-state index in [1.54, 1.807) is 13.3 Å². The van der Waals surface area contributed by atoms with Crippen molar-refractivity contribution in [2.45, 2.75) is 0 Å². The Morgan fingerprint density at radius 2 is 2.40 bits per heavy atom. The average molecular weight is 200 g/mol. The van der Waals surface area contributed by atoms with E-state index in [1.165, 1.54) is 0 Å². The second kappa shape index (κ2) is 2.95. The zero-order valence-electron chi connectivity index (χ0n) is 9.11. The fourth-order valence-corrected chi connectivity index (χ4v) is 1.65. The van der Waals surface area contributed by atoms with E-state index in [4.69, 9.17) is 6.11 Å². The van der Waals surface area contributed by atoms with E-state index in [0.29, 0.717) is 0 Å². The lowest BCUT2D eigenvalue weighted by Gasteiger charge is -2.02. The van der Waals surface area contributed by atoms with Crippen LogP contribution in [0.15, 0.2) is 30.6 Å². The summed E-state index contributed by atoms with van der Waals surface area (Å²) >= 11 is 0. The van der Waals surface area contributed by atoms with Crippen molar-refractivity contribution < 1.29 is 6.11 Å². The molecule has 0 radical (unpaired) electrons. The number of H-pyrrole nitrogens is 1. The molecular formula is C11H9N3O. The lowest BCUT2D eigenvalue weighted by Crippen LogP contribution is -1.85. The minimum atomic E-state index is 0.215. The number of aromatic amines is 1. The molecule has 74 valence electrons. The average Bonchev–Trinajstić information content (AvgIpc) is 2.71. The second-order valence-corrected chi connectivity index (χ2v) is 3.27. The normalized spacial score (nSPS) is 11.9. The van der Waals surface area contributed by atoms with Gasteiger partial charge < -0.3 is 4.74 Å². The largest absolute Gasteiger partial charge is 0.497 e. The molecule has 4 nitrogen and oxygen atoms in total. The first-order valence-electron chi connectivity index (χ1n) is 5.07. The first kappa shape index (κ1) is 7.23. The molecule has 0 saturated heterocycles. The third-order valence-corrected chi connectivity index (χ3v) is 2.42. The second-order valence-electron chi connectivity index (χ2n) is 3.27. The Morgan fingerprint density at radius 1 is 1.47 bits per heavy atom. The van der Waals surface area contributed by atoms with Crippen molar-refractivity contribution in [3.05, 3.63) is 30.6 Å². The van der Waals surface area contributed by atoms with Gasteiger partial charge in [0.1, 0.15) is 5.75 Å². The van der Waals surface area contributed by atoms with Gasteiger partial charge in [-0.3, -0.25) is 10.1 Å². The van der Waals surface area contributed by atoms with Gasteiger partial charge in [-0.15, -0.1) is 0 Å². The molecule has 2 heterocycles. The molecule has 3 rings (SSSR count). The summed E-state index contributed by atoms with van der Waals surface area (Å²) in [5.74, 6) is 0.767. The van der Waals surface area contributed by atoms with Crippen LogP contribution >= 0.6 is 0 Å². The first-order chi connectivity index (χ1) is 7.79. The van der Waals surface area contributed by atoms with Crippen LogP contribution in [0.2, 0.25) is 0 Å². The number of hydrogen-bond donors (Lipinski definition) is 1. The van der Waals surface area contributed by atoms with Gasteiger partial charge in [0.05, 0.1) is 25.7 Å². The van der Waals surface area contributed by atoms with Crippen LogP contribution in [-0.2, 0) is 0 Å². The molecule has 0 aliphatic carbocycles.